The molecule has 2 aromatic rings. The minimum Gasteiger partial charge on any atom is -0.473 e. The van der Waals surface area contributed by atoms with E-state index in [2.05, 4.69) is 25.9 Å². The molecule has 7 heteroatoms. The molecule has 0 amide bonds. The molecule has 1 aliphatic heterocycles. The van der Waals surface area contributed by atoms with E-state index in [1.807, 2.05) is 0 Å². The Hall–Kier alpha value is -2.15. The number of halogens is 1. The molecule has 102 valence electrons. The lowest BCUT2D eigenvalue weighted by molar-refractivity contribution is -0.149. The average molecular weight is 337 g/mol. The van der Waals surface area contributed by atoms with Gasteiger partial charge in [-0.15, -0.1) is 0 Å². The fourth-order valence-electron chi connectivity index (χ4n) is 2.10. The van der Waals surface area contributed by atoms with Crippen LogP contribution in [0.15, 0.2) is 33.7 Å². The summed E-state index contributed by atoms with van der Waals surface area (Å²) in [7, 11) is 1.28. The lowest BCUT2D eigenvalue weighted by Crippen LogP contribution is -2.26. The molecule has 1 atom stereocenters. The number of aromatic amines is 1. The minimum absolute atomic E-state index is 0.474. The van der Waals surface area contributed by atoms with Crippen LogP contribution in [0.2, 0.25) is 0 Å². The maximum Gasteiger partial charge on any atom is 0.351 e. The van der Waals surface area contributed by atoms with Gasteiger partial charge in [0.15, 0.2) is 0 Å². The van der Waals surface area contributed by atoms with Crippen molar-refractivity contribution in [1.29, 1.82) is 0 Å². The topological polar surface area (TPSA) is 81.3 Å². The Kier molecular flexibility index (Phi) is 3.06. The molecule has 0 fully saturated rings. The molecule has 3 rings (SSSR count). The molecule has 0 spiro atoms. The summed E-state index contributed by atoms with van der Waals surface area (Å²) in [6, 6.07) is 5.31. The van der Waals surface area contributed by atoms with Crippen molar-refractivity contribution < 1.29 is 14.3 Å². The van der Waals surface area contributed by atoms with E-state index in [0.717, 1.165) is 4.47 Å². The first-order chi connectivity index (χ1) is 9.60. The molecular weight excluding hydrogens is 328 g/mol. The molecular formula is C13H9BrN2O4. The number of aromatic nitrogens is 2. The number of carbonyl (C=O) groups is 1. The van der Waals surface area contributed by atoms with Crippen molar-refractivity contribution in [3.63, 3.8) is 0 Å². The molecule has 0 saturated carbocycles. The van der Waals surface area contributed by atoms with Gasteiger partial charge in [0, 0.05) is 21.8 Å². The Bertz CT molecular complexity index is 756. The van der Waals surface area contributed by atoms with Gasteiger partial charge in [-0.3, -0.25) is 0 Å². The van der Waals surface area contributed by atoms with E-state index in [1.54, 1.807) is 18.2 Å². The summed E-state index contributed by atoms with van der Waals surface area (Å²) in [5.41, 5.74) is 1.19. The third kappa shape index (κ3) is 2.00. The van der Waals surface area contributed by atoms with Gasteiger partial charge in [0.05, 0.1) is 12.8 Å². The number of hydrogen-bond acceptors (Lipinski definition) is 5. The zero-order valence-electron chi connectivity index (χ0n) is 10.3. The Morgan fingerprint density at radius 3 is 3.05 bits per heavy atom. The normalized spacial score (nSPS) is 15.8. The molecule has 0 aliphatic carbocycles. The van der Waals surface area contributed by atoms with Crippen molar-refractivity contribution in [3.8, 4) is 17.0 Å². The number of carbonyl (C=O) groups excluding carboxylic acids is 1. The first-order valence-electron chi connectivity index (χ1n) is 5.74. The number of nitrogens with one attached hydrogen (secondary N) is 1. The second-order valence-corrected chi connectivity index (χ2v) is 5.10. The number of benzene rings is 1. The Morgan fingerprint density at radius 2 is 2.30 bits per heavy atom. The summed E-state index contributed by atoms with van der Waals surface area (Å²) in [6.07, 6.45) is 0.396. The van der Waals surface area contributed by atoms with Crippen molar-refractivity contribution in [1.82, 2.24) is 9.97 Å². The van der Waals surface area contributed by atoms with Crippen LogP contribution in [0.25, 0.3) is 11.3 Å². The van der Waals surface area contributed by atoms with E-state index in [-0.39, 0.29) is 0 Å². The van der Waals surface area contributed by atoms with Crippen molar-refractivity contribution in [2.75, 3.05) is 7.11 Å². The second kappa shape index (κ2) is 4.75. The maximum atomic E-state index is 11.8. The zero-order chi connectivity index (χ0) is 14.3. The Balaban J connectivity index is 2.26. The van der Waals surface area contributed by atoms with Crippen LogP contribution >= 0.6 is 15.9 Å². The highest BCUT2D eigenvalue weighted by Gasteiger charge is 2.33. The van der Waals surface area contributed by atoms with Crippen LogP contribution in [0.4, 0.5) is 0 Å². The number of H-pyrrole nitrogens is 1. The molecule has 1 N–H and O–H groups in total. The van der Waals surface area contributed by atoms with Gasteiger partial charge in [0.25, 0.3) is 0 Å². The molecule has 1 aliphatic rings. The maximum absolute atomic E-state index is 11.8. The monoisotopic (exact) mass is 336 g/mol. The lowest BCUT2D eigenvalue weighted by Gasteiger charge is -2.26. The van der Waals surface area contributed by atoms with Gasteiger partial charge in [-0.25, -0.2) is 14.6 Å². The van der Waals surface area contributed by atoms with E-state index in [9.17, 15) is 9.59 Å². The first-order valence-corrected chi connectivity index (χ1v) is 6.53. The standard InChI is InChI=1S/C13H9BrN2O4/c1-19-12(17)11-8-5-15-13(18)16-10(8)7-4-6(14)2-3-9(7)20-11/h2-5,11H,1H3,(H,15,16,18)/t11-/m0/s1. The van der Waals surface area contributed by atoms with Crippen LogP contribution in [0, 0.1) is 0 Å². The molecule has 1 aromatic heterocycles. The largest absolute Gasteiger partial charge is 0.473 e. The summed E-state index contributed by atoms with van der Waals surface area (Å²) in [5, 5.41) is 0. The lowest BCUT2D eigenvalue weighted by atomic mass is 9.99. The van der Waals surface area contributed by atoms with Gasteiger partial charge in [0.1, 0.15) is 5.75 Å². The third-order valence-electron chi connectivity index (χ3n) is 2.99. The summed E-state index contributed by atoms with van der Waals surface area (Å²) in [5.74, 6) is -0.0494. The van der Waals surface area contributed by atoms with Crippen LogP contribution in [0.1, 0.15) is 11.7 Å². The second-order valence-electron chi connectivity index (χ2n) is 4.18. The van der Waals surface area contributed by atoms with Crippen molar-refractivity contribution in [2.45, 2.75) is 6.10 Å². The van der Waals surface area contributed by atoms with Crippen LogP contribution < -0.4 is 10.4 Å². The number of esters is 1. The molecule has 0 saturated heterocycles. The quantitative estimate of drug-likeness (QED) is 0.803. The SMILES string of the molecule is COC(=O)[C@H]1Oc2ccc(Br)cc2-c2[nH]c(=O)ncc21. The zero-order valence-corrected chi connectivity index (χ0v) is 11.9. The Morgan fingerprint density at radius 1 is 1.50 bits per heavy atom. The summed E-state index contributed by atoms with van der Waals surface area (Å²) < 4.78 is 11.2. The van der Waals surface area contributed by atoms with Crippen LogP contribution in [0.3, 0.4) is 0 Å². The molecule has 0 radical (unpaired) electrons. The van der Waals surface area contributed by atoms with Gasteiger partial charge in [-0.05, 0) is 18.2 Å². The molecule has 20 heavy (non-hydrogen) atoms. The molecule has 2 heterocycles. The fraction of sp³-hybridized carbons (Fsp3) is 0.154. The van der Waals surface area contributed by atoms with E-state index in [1.165, 1.54) is 13.3 Å². The van der Waals surface area contributed by atoms with E-state index in [0.29, 0.717) is 22.6 Å². The van der Waals surface area contributed by atoms with Crippen LogP contribution in [-0.2, 0) is 9.53 Å². The molecule has 6 nitrogen and oxygen atoms in total. The highest BCUT2D eigenvalue weighted by Crippen LogP contribution is 2.41. The Labute approximate surface area is 121 Å². The first kappa shape index (κ1) is 12.9. The number of methoxy groups -OCH3 is 1. The molecule has 0 bridgehead atoms. The highest BCUT2D eigenvalue weighted by atomic mass is 79.9. The minimum atomic E-state index is -0.937. The van der Waals surface area contributed by atoms with Gasteiger partial charge in [0.2, 0.25) is 6.10 Å². The smallest absolute Gasteiger partial charge is 0.351 e. The van der Waals surface area contributed by atoms with Gasteiger partial charge in [-0.2, -0.15) is 0 Å². The van der Waals surface area contributed by atoms with Crippen molar-refractivity contribution >= 4 is 21.9 Å². The van der Waals surface area contributed by atoms with E-state index < -0.39 is 17.8 Å². The summed E-state index contributed by atoms with van der Waals surface area (Å²) >= 11 is 3.36. The fourth-order valence-corrected chi connectivity index (χ4v) is 2.46. The highest BCUT2D eigenvalue weighted by molar-refractivity contribution is 9.10. The van der Waals surface area contributed by atoms with Crippen molar-refractivity contribution in [2.24, 2.45) is 0 Å². The van der Waals surface area contributed by atoms with Gasteiger partial charge in [-0.1, -0.05) is 15.9 Å². The van der Waals surface area contributed by atoms with Crippen LogP contribution in [-0.4, -0.2) is 23.0 Å². The number of rotatable bonds is 1. The van der Waals surface area contributed by atoms with E-state index >= 15 is 0 Å². The van der Waals surface area contributed by atoms with E-state index in [4.69, 9.17) is 9.47 Å². The predicted molar refractivity (Wildman–Crippen MR) is 73.4 cm³/mol. The molecule has 1 aromatic carbocycles. The third-order valence-corrected chi connectivity index (χ3v) is 3.49. The van der Waals surface area contributed by atoms with Gasteiger partial charge >= 0.3 is 11.7 Å². The summed E-state index contributed by atoms with van der Waals surface area (Å²) in [6.45, 7) is 0. The number of ether oxygens (including phenoxy) is 2. The van der Waals surface area contributed by atoms with Gasteiger partial charge < -0.3 is 14.5 Å². The van der Waals surface area contributed by atoms with Crippen LogP contribution in [0.5, 0.6) is 5.75 Å². The predicted octanol–water partition coefficient (Wildman–Crippen LogP) is 1.81. The number of nitrogens with zero attached hydrogens (tertiary/aromatic N) is 1. The summed E-state index contributed by atoms with van der Waals surface area (Å²) in [4.78, 5) is 29.6. The number of hydrogen-bond donors (Lipinski definition) is 1. The number of fused-ring (bicyclic) bond motifs is 3. The molecule has 0 unspecified atom stereocenters. The average Bonchev–Trinajstić information content (AvgIpc) is 2.45. The van der Waals surface area contributed by atoms with Crippen molar-refractivity contribution in [3.05, 3.63) is 44.9 Å².